The van der Waals surface area contributed by atoms with Crippen LogP contribution in [0.3, 0.4) is 0 Å². The minimum Gasteiger partial charge on any atom is -0.505 e. The van der Waals surface area contributed by atoms with E-state index in [9.17, 15) is 15.0 Å². The fourth-order valence-electron chi connectivity index (χ4n) is 2.36. The first-order valence-electron chi connectivity index (χ1n) is 8.17. The van der Waals surface area contributed by atoms with Crippen molar-refractivity contribution in [3.05, 3.63) is 11.5 Å². The summed E-state index contributed by atoms with van der Waals surface area (Å²) in [7, 11) is 0. The van der Waals surface area contributed by atoms with Crippen molar-refractivity contribution in [1.82, 2.24) is 0 Å². The molecule has 0 saturated carbocycles. The van der Waals surface area contributed by atoms with E-state index in [2.05, 4.69) is 6.92 Å². The molecule has 3 N–H and O–H groups in total. The molecule has 0 aromatic carbocycles. The largest absolute Gasteiger partial charge is 0.505 e. The van der Waals surface area contributed by atoms with Gasteiger partial charge >= 0.3 is 5.97 Å². The Morgan fingerprint density at radius 3 is 2.32 bits per heavy atom. The lowest BCUT2D eigenvalue weighted by Gasteiger charge is -2.13. The molecule has 22 heavy (non-hydrogen) atoms. The second kappa shape index (κ2) is 10.5. The molecule has 0 radical (unpaired) electrons. The summed E-state index contributed by atoms with van der Waals surface area (Å²) in [5.74, 6) is -1.49. The second-order valence-electron chi connectivity index (χ2n) is 5.61. The van der Waals surface area contributed by atoms with Crippen molar-refractivity contribution >= 4 is 5.97 Å². The van der Waals surface area contributed by atoms with Crippen molar-refractivity contribution in [2.45, 2.75) is 70.5 Å². The smallest absolute Gasteiger partial charge is 0.378 e. The third-order valence-corrected chi connectivity index (χ3v) is 3.70. The van der Waals surface area contributed by atoms with Crippen molar-refractivity contribution in [3.8, 4) is 0 Å². The van der Waals surface area contributed by atoms with Crippen LogP contribution >= 0.6 is 0 Å². The van der Waals surface area contributed by atoms with Gasteiger partial charge in [0.25, 0.3) is 0 Å². The van der Waals surface area contributed by atoms with Crippen LogP contribution in [0, 0.1) is 0 Å². The highest BCUT2D eigenvalue weighted by Crippen LogP contribution is 2.24. The number of ether oxygens (including phenoxy) is 2. The molecule has 6 nitrogen and oxygen atoms in total. The Labute approximate surface area is 131 Å². The molecule has 0 aromatic heterocycles. The lowest BCUT2D eigenvalue weighted by atomic mass is 10.1. The van der Waals surface area contributed by atoms with E-state index >= 15 is 0 Å². The highest BCUT2D eigenvalue weighted by atomic mass is 16.6. The molecule has 0 amide bonds. The fourth-order valence-corrected chi connectivity index (χ4v) is 2.36. The zero-order chi connectivity index (χ0) is 16.4. The Balaban J connectivity index is 2.18. The van der Waals surface area contributed by atoms with Crippen LogP contribution in [0.1, 0.15) is 58.3 Å². The van der Waals surface area contributed by atoms with Crippen molar-refractivity contribution in [2.24, 2.45) is 0 Å². The topological polar surface area (TPSA) is 96.2 Å². The van der Waals surface area contributed by atoms with Gasteiger partial charge in [-0.15, -0.1) is 0 Å². The third kappa shape index (κ3) is 5.85. The minimum atomic E-state index is -1.34. The van der Waals surface area contributed by atoms with Gasteiger partial charge in [0.2, 0.25) is 5.76 Å². The Morgan fingerprint density at radius 2 is 1.73 bits per heavy atom. The number of cyclic esters (lactones) is 1. The SMILES string of the molecule is CCCCCCCCCCOC1=C(O)[C@@H]([C@@H](O)CO)OC1=O. The van der Waals surface area contributed by atoms with Crippen LogP contribution < -0.4 is 0 Å². The van der Waals surface area contributed by atoms with Crippen LogP contribution in [0.2, 0.25) is 0 Å². The van der Waals surface area contributed by atoms with Crippen LogP contribution in [-0.2, 0) is 14.3 Å². The van der Waals surface area contributed by atoms with Gasteiger partial charge in [-0.2, -0.15) is 0 Å². The number of hydrogen-bond donors (Lipinski definition) is 3. The van der Waals surface area contributed by atoms with E-state index in [0.717, 1.165) is 19.3 Å². The van der Waals surface area contributed by atoms with Gasteiger partial charge < -0.3 is 24.8 Å². The summed E-state index contributed by atoms with van der Waals surface area (Å²) < 4.78 is 10.0. The first kappa shape index (κ1) is 18.8. The molecular formula is C16H28O6. The number of carbonyl (C=O) groups excluding carboxylic acids is 1. The monoisotopic (exact) mass is 316 g/mol. The van der Waals surface area contributed by atoms with E-state index in [1.807, 2.05) is 0 Å². The zero-order valence-corrected chi connectivity index (χ0v) is 13.3. The van der Waals surface area contributed by atoms with E-state index in [1.165, 1.54) is 32.1 Å². The minimum absolute atomic E-state index is 0.250. The predicted molar refractivity (Wildman–Crippen MR) is 81.2 cm³/mol. The second-order valence-corrected chi connectivity index (χ2v) is 5.61. The fraction of sp³-hybridized carbons (Fsp3) is 0.812. The molecule has 0 spiro atoms. The lowest BCUT2D eigenvalue weighted by molar-refractivity contribution is -0.148. The van der Waals surface area contributed by atoms with E-state index in [4.69, 9.17) is 14.6 Å². The average Bonchev–Trinajstić information content (AvgIpc) is 2.80. The van der Waals surface area contributed by atoms with Gasteiger partial charge in [-0.1, -0.05) is 51.9 Å². The number of aliphatic hydroxyl groups is 3. The summed E-state index contributed by atoms with van der Waals surface area (Å²) in [6.07, 6.45) is 6.66. The Bertz CT molecular complexity index is 366. The molecule has 6 heteroatoms. The van der Waals surface area contributed by atoms with E-state index in [0.29, 0.717) is 6.61 Å². The highest BCUT2D eigenvalue weighted by Gasteiger charge is 2.40. The Morgan fingerprint density at radius 1 is 1.14 bits per heavy atom. The normalized spacial score (nSPS) is 19.4. The summed E-state index contributed by atoms with van der Waals surface area (Å²) >= 11 is 0. The molecule has 1 aliphatic rings. The van der Waals surface area contributed by atoms with Crippen molar-refractivity contribution < 1.29 is 29.6 Å². The van der Waals surface area contributed by atoms with Gasteiger partial charge in [0.15, 0.2) is 11.9 Å². The van der Waals surface area contributed by atoms with Gasteiger partial charge in [-0.3, -0.25) is 0 Å². The molecule has 128 valence electrons. The van der Waals surface area contributed by atoms with Gasteiger partial charge in [-0.25, -0.2) is 4.79 Å². The maximum absolute atomic E-state index is 11.5. The number of rotatable bonds is 12. The van der Waals surface area contributed by atoms with Gasteiger partial charge in [-0.05, 0) is 6.42 Å². The number of aliphatic hydroxyl groups excluding tert-OH is 3. The standard InChI is InChI=1S/C16H28O6/c1-2-3-4-5-6-7-8-9-10-21-15-13(19)14(12(18)11-17)22-16(15)20/h12,14,17-19H,2-11H2,1H3/t12-,14+/m0/s1. The first-order valence-corrected chi connectivity index (χ1v) is 8.17. The number of unbranched alkanes of at least 4 members (excludes halogenated alkanes) is 7. The summed E-state index contributed by atoms with van der Waals surface area (Å²) in [5, 5.41) is 28.0. The molecule has 1 rings (SSSR count). The van der Waals surface area contributed by atoms with Crippen molar-refractivity contribution in [2.75, 3.05) is 13.2 Å². The molecular weight excluding hydrogens is 288 g/mol. The number of carbonyl (C=O) groups is 1. The van der Waals surface area contributed by atoms with Gasteiger partial charge in [0.05, 0.1) is 13.2 Å². The average molecular weight is 316 g/mol. The first-order chi connectivity index (χ1) is 10.6. The van der Waals surface area contributed by atoms with Crippen LogP contribution in [0.5, 0.6) is 0 Å². The molecule has 0 aromatic rings. The summed E-state index contributed by atoms with van der Waals surface area (Å²) in [4.78, 5) is 11.5. The molecule has 2 atom stereocenters. The third-order valence-electron chi connectivity index (χ3n) is 3.70. The number of esters is 1. The molecule has 1 aliphatic heterocycles. The zero-order valence-electron chi connectivity index (χ0n) is 13.3. The molecule has 0 saturated heterocycles. The van der Waals surface area contributed by atoms with Gasteiger partial charge in [0.1, 0.15) is 6.10 Å². The van der Waals surface area contributed by atoms with E-state index in [-0.39, 0.29) is 5.76 Å². The highest BCUT2D eigenvalue weighted by molar-refractivity contribution is 5.89. The number of hydrogen-bond acceptors (Lipinski definition) is 6. The molecule has 0 fully saturated rings. The Kier molecular flexibility index (Phi) is 8.92. The lowest BCUT2D eigenvalue weighted by Crippen LogP contribution is -2.31. The van der Waals surface area contributed by atoms with Crippen LogP contribution in [0.15, 0.2) is 11.5 Å². The van der Waals surface area contributed by atoms with E-state index in [1.54, 1.807) is 0 Å². The van der Waals surface area contributed by atoms with Crippen molar-refractivity contribution in [3.63, 3.8) is 0 Å². The molecule has 0 aliphatic carbocycles. The summed E-state index contributed by atoms with van der Waals surface area (Å²) in [6, 6.07) is 0. The molecule has 1 heterocycles. The van der Waals surface area contributed by atoms with Crippen LogP contribution in [0.25, 0.3) is 0 Å². The van der Waals surface area contributed by atoms with Crippen LogP contribution in [0.4, 0.5) is 0 Å². The quantitative estimate of drug-likeness (QED) is 0.377. The Hall–Kier alpha value is -1.27. The predicted octanol–water partition coefficient (Wildman–Crippen LogP) is 2.19. The van der Waals surface area contributed by atoms with Gasteiger partial charge in [0, 0.05) is 0 Å². The summed E-state index contributed by atoms with van der Waals surface area (Å²) in [5.41, 5.74) is 0. The molecule has 0 bridgehead atoms. The van der Waals surface area contributed by atoms with Crippen LogP contribution in [-0.4, -0.2) is 46.7 Å². The van der Waals surface area contributed by atoms with E-state index < -0.39 is 30.5 Å². The maximum atomic E-state index is 11.5. The molecule has 0 unspecified atom stereocenters. The van der Waals surface area contributed by atoms with Crippen molar-refractivity contribution in [1.29, 1.82) is 0 Å². The summed E-state index contributed by atoms with van der Waals surface area (Å²) in [6.45, 7) is 1.91. The maximum Gasteiger partial charge on any atom is 0.378 e.